The molecule has 0 radical (unpaired) electrons. The SMILES string of the molecule is O=C1NC2(CCCCC2)C(=O)N1/N=C\c1c(F)cccc1F. The van der Waals surface area contributed by atoms with Crippen LogP contribution < -0.4 is 5.32 Å². The zero-order valence-electron chi connectivity index (χ0n) is 11.8. The number of hydrazone groups is 1. The summed E-state index contributed by atoms with van der Waals surface area (Å²) in [5, 5.41) is 7.03. The average Bonchev–Trinajstić information content (AvgIpc) is 2.71. The number of imide groups is 1. The molecule has 2 fully saturated rings. The molecule has 1 aromatic rings. The van der Waals surface area contributed by atoms with Crippen molar-refractivity contribution < 1.29 is 18.4 Å². The maximum atomic E-state index is 13.5. The summed E-state index contributed by atoms with van der Waals surface area (Å²) in [6.07, 6.45) is 4.73. The van der Waals surface area contributed by atoms with Gasteiger partial charge in [-0.25, -0.2) is 13.6 Å². The fraction of sp³-hybridized carbons (Fsp3) is 0.400. The Labute approximate surface area is 126 Å². The van der Waals surface area contributed by atoms with Crippen molar-refractivity contribution in [2.75, 3.05) is 0 Å². The maximum absolute atomic E-state index is 13.5. The Balaban J connectivity index is 1.85. The number of benzene rings is 1. The standard InChI is InChI=1S/C15H15F2N3O2/c16-11-5-4-6-12(17)10(11)9-18-20-13(21)15(19-14(20)22)7-2-1-3-8-15/h4-6,9H,1-3,7-8H2,(H,19,22)/b18-9-. The van der Waals surface area contributed by atoms with Gasteiger partial charge in [0.05, 0.1) is 11.8 Å². The van der Waals surface area contributed by atoms with E-state index in [0.717, 1.165) is 37.6 Å². The van der Waals surface area contributed by atoms with E-state index in [1.165, 1.54) is 6.07 Å². The molecule has 3 amide bonds. The van der Waals surface area contributed by atoms with Crippen LogP contribution in [0.25, 0.3) is 0 Å². The lowest BCUT2D eigenvalue weighted by Gasteiger charge is -2.29. The summed E-state index contributed by atoms with van der Waals surface area (Å²) in [5.74, 6) is -2.06. The van der Waals surface area contributed by atoms with Crippen molar-refractivity contribution in [1.29, 1.82) is 0 Å². The predicted octanol–water partition coefficient (Wildman–Crippen LogP) is 2.55. The van der Waals surface area contributed by atoms with Gasteiger partial charge >= 0.3 is 6.03 Å². The van der Waals surface area contributed by atoms with Gasteiger partial charge in [-0.05, 0) is 25.0 Å². The van der Waals surface area contributed by atoms with Crippen molar-refractivity contribution in [3.8, 4) is 0 Å². The van der Waals surface area contributed by atoms with Crippen LogP contribution in [-0.2, 0) is 4.79 Å². The molecule has 116 valence electrons. The van der Waals surface area contributed by atoms with E-state index in [9.17, 15) is 18.4 Å². The third-order valence-corrected chi connectivity index (χ3v) is 4.15. The van der Waals surface area contributed by atoms with Gasteiger partial charge in [0.15, 0.2) is 0 Å². The monoisotopic (exact) mass is 307 g/mol. The van der Waals surface area contributed by atoms with Gasteiger partial charge in [-0.15, -0.1) is 5.01 Å². The number of carbonyl (C=O) groups excluding carboxylic acids is 2. The van der Waals surface area contributed by atoms with Crippen LogP contribution in [0.1, 0.15) is 37.7 Å². The van der Waals surface area contributed by atoms with Crippen molar-refractivity contribution in [2.45, 2.75) is 37.6 Å². The van der Waals surface area contributed by atoms with Crippen LogP contribution in [0.3, 0.4) is 0 Å². The summed E-state index contributed by atoms with van der Waals surface area (Å²) in [4.78, 5) is 24.4. The normalized spacial score (nSPS) is 20.9. The summed E-state index contributed by atoms with van der Waals surface area (Å²) in [6.45, 7) is 0. The molecule has 1 saturated carbocycles. The van der Waals surface area contributed by atoms with Gasteiger partial charge in [-0.2, -0.15) is 5.10 Å². The Morgan fingerprint density at radius 2 is 1.77 bits per heavy atom. The van der Waals surface area contributed by atoms with E-state index in [2.05, 4.69) is 10.4 Å². The molecule has 3 rings (SSSR count). The summed E-state index contributed by atoms with van der Waals surface area (Å²) in [5.41, 5.74) is -1.28. The third-order valence-electron chi connectivity index (χ3n) is 4.15. The molecule has 5 nitrogen and oxygen atoms in total. The minimum Gasteiger partial charge on any atom is -0.321 e. The Hall–Kier alpha value is -2.31. The van der Waals surface area contributed by atoms with Crippen LogP contribution in [0, 0.1) is 11.6 Å². The minimum atomic E-state index is -0.902. The van der Waals surface area contributed by atoms with Gasteiger partial charge in [0.25, 0.3) is 5.91 Å². The fourth-order valence-electron chi connectivity index (χ4n) is 2.95. The lowest BCUT2D eigenvalue weighted by Crippen LogP contribution is -2.48. The first-order valence-corrected chi connectivity index (χ1v) is 7.18. The van der Waals surface area contributed by atoms with Crippen LogP contribution in [0.5, 0.6) is 0 Å². The van der Waals surface area contributed by atoms with Crippen molar-refractivity contribution in [2.24, 2.45) is 5.10 Å². The molecule has 22 heavy (non-hydrogen) atoms. The predicted molar refractivity (Wildman–Crippen MR) is 75.1 cm³/mol. The van der Waals surface area contributed by atoms with E-state index in [-0.39, 0.29) is 5.56 Å². The highest BCUT2D eigenvalue weighted by molar-refractivity contribution is 6.07. The number of urea groups is 1. The Morgan fingerprint density at radius 1 is 1.14 bits per heavy atom. The zero-order chi connectivity index (χ0) is 15.7. The van der Waals surface area contributed by atoms with Gasteiger partial charge in [-0.3, -0.25) is 4.79 Å². The number of carbonyl (C=O) groups is 2. The van der Waals surface area contributed by atoms with E-state index in [1.54, 1.807) is 0 Å². The largest absolute Gasteiger partial charge is 0.346 e. The van der Waals surface area contributed by atoms with Gasteiger partial charge in [0, 0.05) is 0 Å². The molecule has 7 heteroatoms. The molecule has 1 saturated heterocycles. The number of nitrogens with one attached hydrogen (secondary N) is 1. The highest BCUT2D eigenvalue weighted by atomic mass is 19.1. The summed E-state index contributed by atoms with van der Waals surface area (Å²) in [7, 11) is 0. The number of nitrogens with zero attached hydrogens (tertiary/aromatic N) is 2. The molecular formula is C15H15F2N3O2. The maximum Gasteiger partial charge on any atom is 0.346 e. The van der Waals surface area contributed by atoms with E-state index in [0.29, 0.717) is 17.9 Å². The number of rotatable bonds is 2. The summed E-state index contributed by atoms with van der Waals surface area (Å²) in [6, 6.07) is 2.74. The Kier molecular flexibility index (Phi) is 3.64. The highest BCUT2D eigenvalue weighted by Crippen LogP contribution is 2.33. The molecule has 0 atom stereocenters. The molecule has 1 aromatic carbocycles. The molecule has 1 aliphatic heterocycles. The molecule has 0 bridgehead atoms. The molecule has 0 aromatic heterocycles. The highest BCUT2D eigenvalue weighted by Gasteiger charge is 2.51. The fourth-order valence-corrected chi connectivity index (χ4v) is 2.95. The lowest BCUT2D eigenvalue weighted by atomic mass is 9.82. The topological polar surface area (TPSA) is 61.8 Å². The number of hydrogen-bond acceptors (Lipinski definition) is 3. The molecule has 1 heterocycles. The van der Waals surface area contributed by atoms with Crippen LogP contribution in [0.4, 0.5) is 13.6 Å². The molecule has 2 aliphatic rings. The van der Waals surface area contributed by atoms with Gasteiger partial charge in [-0.1, -0.05) is 25.3 Å². The minimum absolute atomic E-state index is 0.382. The molecule has 1 N–H and O–H groups in total. The summed E-state index contributed by atoms with van der Waals surface area (Å²) >= 11 is 0. The van der Waals surface area contributed by atoms with E-state index >= 15 is 0 Å². The second-order valence-electron chi connectivity index (χ2n) is 5.57. The van der Waals surface area contributed by atoms with Crippen molar-refractivity contribution in [1.82, 2.24) is 10.3 Å². The molecule has 0 unspecified atom stereocenters. The number of hydrogen-bond donors (Lipinski definition) is 1. The summed E-state index contributed by atoms with van der Waals surface area (Å²) < 4.78 is 27.1. The van der Waals surface area contributed by atoms with Crippen molar-refractivity contribution in [3.63, 3.8) is 0 Å². The smallest absolute Gasteiger partial charge is 0.321 e. The van der Waals surface area contributed by atoms with Crippen molar-refractivity contribution in [3.05, 3.63) is 35.4 Å². The first-order valence-electron chi connectivity index (χ1n) is 7.18. The molecule has 1 aliphatic carbocycles. The van der Waals surface area contributed by atoms with Crippen LogP contribution in [-0.4, -0.2) is 28.7 Å². The third kappa shape index (κ3) is 2.36. The van der Waals surface area contributed by atoms with Crippen molar-refractivity contribution >= 4 is 18.2 Å². The van der Waals surface area contributed by atoms with E-state index in [1.807, 2.05) is 0 Å². The zero-order valence-corrected chi connectivity index (χ0v) is 11.8. The van der Waals surface area contributed by atoms with Crippen LogP contribution >= 0.6 is 0 Å². The quantitative estimate of drug-likeness (QED) is 0.674. The van der Waals surface area contributed by atoms with Crippen LogP contribution in [0.15, 0.2) is 23.3 Å². The molecule has 1 spiro atoms. The first-order chi connectivity index (χ1) is 10.5. The number of halogens is 2. The van der Waals surface area contributed by atoms with Gasteiger partial charge in [0.2, 0.25) is 0 Å². The second-order valence-corrected chi connectivity index (χ2v) is 5.57. The average molecular weight is 307 g/mol. The van der Waals surface area contributed by atoms with Gasteiger partial charge in [0.1, 0.15) is 17.2 Å². The van der Waals surface area contributed by atoms with Gasteiger partial charge < -0.3 is 5.32 Å². The van der Waals surface area contributed by atoms with E-state index < -0.39 is 29.1 Å². The Morgan fingerprint density at radius 3 is 2.41 bits per heavy atom. The Bertz CT molecular complexity index is 634. The second kappa shape index (κ2) is 5.47. The lowest BCUT2D eigenvalue weighted by molar-refractivity contribution is -0.132. The number of amides is 3. The molecular weight excluding hydrogens is 292 g/mol. The first kappa shape index (κ1) is 14.6. The van der Waals surface area contributed by atoms with Crippen LogP contribution in [0.2, 0.25) is 0 Å². The van der Waals surface area contributed by atoms with E-state index in [4.69, 9.17) is 0 Å².